The van der Waals surface area contributed by atoms with Gasteiger partial charge in [0.15, 0.2) is 16.7 Å². The Kier molecular flexibility index (Phi) is 7.82. The van der Waals surface area contributed by atoms with Gasteiger partial charge in [-0.15, -0.1) is 0 Å². The SMILES string of the molecule is COc1cc(/C=N/NC(=NCc2ccccc2)SC)cc(OC)c1OC. The van der Waals surface area contributed by atoms with Gasteiger partial charge in [-0.25, -0.2) is 0 Å². The van der Waals surface area contributed by atoms with E-state index in [2.05, 4.69) is 15.5 Å². The van der Waals surface area contributed by atoms with E-state index in [9.17, 15) is 0 Å². The fraction of sp³-hybridized carbons (Fsp3) is 0.263. The summed E-state index contributed by atoms with van der Waals surface area (Å²) in [5.74, 6) is 1.71. The first-order valence-electron chi connectivity index (χ1n) is 7.93. The number of thioether (sulfide) groups is 1. The Hall–Kier alpha value is -2.67. The summed E-state index contributed by atoms with van der Waals surface area (Å²) in [6.07, 6.45) is 3.63. The normalized spacial score (nSPS) is 11.5. The van der Waals surface area contributed by atoms with Crippen LogP contribution in [0.4, 0.5) is 0 Å². The van der Waals surface area contributed by atoms with Gasteiger partial charge in [-0.1, -0.05) is 42.1 Å². The third-order valence-electron chi connectivity index (χ3n) is 3.50. The van der Waals surface area contributed by atoms with Crippen LogP contribution >= 0.6 is 11.8 Å². The average molecular weight is 373 g/mol. The van der Waals surface area contributed by atoms with Crippen molar-refractivity contribution in [2.75, 3.05) is 27.6 Å². The van der Waals surface area contributed by atoms with E-state index in [0.717, 1.165) is 16.3 Å². The van der Waals surface area contributed by atoms with Crippen LogP contribution in [0.15, 0.2) is 52.6 Å². The zero-order chi connectivity index (χ0) is 18.8. The molecule has 6 nitrogen and oxygen atoms in total. The van der Waals surface area contributed by atoms with Crippen LogP contribution in [0.1, 0.15) is 11.1 Å². The molecule has 0 fully saturated rings. The summed E-state index contributed by atoms with van der Waals surface area (Å²) in [6, 6.07) is 13.7. The first-order chi connectivity index (χ1) is 12.7. The Balaban J connectivity index is 2.08. The second kappa shape index (κ2) is 10.4. The highest BCUT2D eigenvalue weighted by Gasteiger charge is 2.12. The van der Waals surface area contributed by atoms with Gasteiger partial charge in [0.2, 0.25) is 5.75 Å². The molecule has 2 aromatic carbocycles. The number of nitrogens with one attached hydrogen (secondary N) is 1. The molecule has 26 heavy (non-hydrogen) atoms. The van der Waals surface area contributed by atoms with Crippen molar-refractivity contribution in [2.24, 2.45) is 10.1 Å². The largest absolute Gasteiger partial charge is 0.493 e. The average Bonchev–Trinajstić information content (AvgIpc) is 2.70. The molecule has 0 aliphatic rings. The molecule has 0 heterocycles. The first kappa shape index (κ1) is 19.7. The molecule has 0 aliphatic heterocycles. The molecule has 7 heteroatoms. The van der Waals surface area contributed by atoms with Crippen molar-refractivity contribution in [1.82, 2.24) is 5.43 Å². The van der Waals surface area contributed by atoms with Gasteiger partial charge in [0, 0.05) is 5.56 Å². The molecule has 0 radical (unpaired) electrons. The molecule has 0 atom stereocenters. The second-order valence-electron chi connectivity index (χ2n) is 5.14. The molecule has 2 rings (SSSR count). The number of hydrogen-bond acceptors (Lipinski definition) is 6. The van der Waals surface area contributed by atoms with E-state index in [1.807, 2.05) is 48.7 Å². The summed E-state index contributed by atoms with van der Waals surface area (Å²) >= 11 is 1.50. The van der Waals surface area contributed by atoms with E-state index < -0.39 is 0 Å². The fourth-order valence-corrected chi connectivity index (χ4v) is 2.57. The first-order valence-corrected chi connectivity index (χ1v) is 9.15. The van der Waals surface area contributed by atoms with Crippen LogP contribution in [0.2, 0.25) is 0 Å². The fourth-order valence-electron chi connectivity index (χ4n) is 2.23. The zero-order valence-electron chi connectivity index (χ0n) is 15.4. The van der Waals surface area contributed by atoms with Gasteiger partial charge in [-0.2, -0.15) is 5.10 Å². The van der Waals surface area contributed by atoms with Crippen LogP contribution in [-0.4, -0.2) is 39.0 Å². The van der Waals surface area contributed by atoms with E-state index >= 15 is 0 Å². The van der Waals surface area contributed by atoms with Crippen LogP contribution in [0.25, 0.3) is 0 Å². The highest BCUT2D eigenvalue weighted by Crippen LogP contribution is 2.37. The maximum absolute atomic E-state index is 5.34. The minimum atomic E-state index is 0.550. The molecule has 0 unspecified atom stereocenters. The lowest BCUT2D eigenvalue weighted by atomic mass is 10.2. The third-order valence-corrected chi connectivity index (χ3v) is 4.11. The quantitative estimate of drug-likeness (QED) is 0.457. The van der Waals surface area contributed by atoms with E-state index in [-0.39, 0.29) is 0 Å². The predicted octanol–water partition coefficient (Wildman–Crippen LogP) is 3.56. The molecule has 0 bridgehead atoms. The Labute approximate surface area is 158 Å². The number of methoxy groups -OCH3 is 3. The Morgan fingerprint density at radius 3 is 2.23 bits per heavy atom. The minimum Gasteiger partial charge on any atom is -0.493 e. The number of amidine groups is 1. The summed E-state index contributed by atoms with van der Waals surface area (Å²) in [4.78, 5) is 4.52. The van der Waals surface area contributed by atoms with E-state index in [4.69, 9.17) is 14.2 Å². The van der Waals surface area contributed by atoms with Gasteiger partial charge in [-0.05, 0) is 24.0 Å². The van der Waals surface area contributed by atoms with Crippen LogP contribution < -0.4 is 19.6 Å². The summed E-state index contributed by atoms with van der Waals surface area (Å²) in [5.41, 5.74) is 4.92. The molecule has 0 saturated carbocycles. The molecule has 0 aromatic heterocycles. The number of nitrogens with zero attached hydrogens (tertiary/aromatic N) is 2. The molecule has 0 spiro atoms. The van der Waals surface area contributed by atoms with Crippen molar-refractivity contribution in [3.05, 3.63) is 53.6 Å². The molecule has 0 amide bonds. The van der Waals surface area contributed by atoms with E-state index in [0.29, 0.717) is 23.8 Å². The van der Waals surface area contributed by atoms with E-state index in [1.165, 1.54) is 11.8 Å². The van der Waals surface area contributed by atoms with Gasteiger partial charge in [0.25, 0.3) is 0 Å². The summed E-state index contributed by atoms with van der Waals surface area (Å²) in [7, 11) is 4.74. The van der Waals surface area contributed by atoms with Crippen molar-refractivity contribution >= 4 is 23.1 Å². The van der Waals surface area contributed by atoms with Crippen molar-refractivity contribution in [3.63, 3.8) is 0 Å². The lowest BCUT2D eigenvalue weighted by molar-refractivity contribution is 0.324. The summed E-state index contributed by atoms with van der Waals surface area (Å²) in [6.45, 7) is 0.601. The monoisotopic (exact) mass is 373 g/mol. The van der Waals surface area contributed by atoms with Crippen LogP contribution in [0, 0.1) is 0 Å². The van der Waals surface area contributed by atoms with Crippen LogP contribution in [0.3, 0.4) is 0 Å². The Bertz CT molecular complexity index is 739. The van der Waals surface area contributed by atoms with Crippen molar-refractivity contribution in [3.8, 4) is 17.2 Å². The van der Waals surface area contributed by atoms with E-state index in [1.54, 1.807) is 27.5 Å². The van der Waals surface area contributed by atoms with Gasteiger partial charge in [-0.3, -0.25) is 10.4 Å². The zero-order valence-corrected chi connectivity index (χ0v) is 16.2. The maximum Gasteiger partial charge on any atom is 0.203 e. The number of hydrazone groups is 1. The number of hydrogen-bond donors (Lipinski definition) is 1. The summed E-state index contributed by atoms with van der Waals surface area (Å²) < 4.78 is 16.0. The molecule has 2 aromatic rings. The third kappa shape index (κ3) is 5.42. The van der Waals surface area contributed by atoms with Crippen molar-refractivity contribution in [2.45, 2.75) is 6.54 Å². The van der Waals surface area contributed by atoms with Gasteiger partial charge in [0.1, 0.15) is 0 Å². The molecule has 138 valence electrons. The van der Waals surface area contributed by atoms with Crippen molar-refractivity contribution in [1.29, 1.82) is 0 Å². The number of ether oxygens (including phenoxy) is 3. The lowest BCUT2D eigenvalue weighted by Gasteiger charge is -2.12. The Morgan fingerprint density at radius 2 is 1.69 bits per heavy atom. The smallest absolute Gasteiger partial charge is 0.203 e. The highest BCUT2D eigenvalue weighted by molar-refractivity contribution is 8.13. The lowest BCUT2D eigenvalue weighted by Crippen LogP contribution is -2.14. The standard InChI is InChI=1S/C19H23N3O3S/c1-23-16-10-15(11-17(24-2)18(16)25-3)13-21-22-19(26-4)20-12-14-8-6-5-7-9-14/h5-11,13H,12H2,1-4H3,(H,20,22)/b21-13+. The Morgan fingerprint density at radius 1 is 1.04 bits per heavy atom. The van der Waals surface area contributed by atoms with Gasteiger partial charge >= 0.3 is 0 Å². The second-order valence-corrected chi connectivity index (χ2v) is 5.93. The van der Waals surface area contributed by atoms with Crippen LogP contribution in [0.5, 0.6) is 17.2 Å². The molecule has 0 aliphatic carbocycles. The molecule has 0 saturated heterocycles. The topological polar surface area (TPSA) is 64.4 Å². The van der Waals surface area contributed by atoms with Gasteiger partial charge in [0.05, 0.1) is 34.1 Å². The number of rotatable bonds is 7. The number of benzene rings is 2. The molecular weight excluding hydrogens is 350 g/mol. The summed E-state index contributed by atoms with van der Waals surface area (Å²) in [5, 5.41) is 4.99. The predicted molar refractivity (Wildman–Crippen MR) is 108 cm³/mol. The highest BCUT2D eigenvalue weighted by atomic mass is 32.2. The van der Waals surface area contributed by atoms with Gasteiger partial charge < -0.3 is 14.2 Å². The van der Waals surface area contributed by atoms with Crippen LogP contribution in [-0.2, 0) is 6.54 Å². The minimum absolute atomic E-state index is 0.550. The maximum atomic E-state index is 5.34. The van der Waals surface area contributed by atoms with Crippen molar-refractivity contribution < 1.29 is 14.2 Å². The number of aliphatic imine (C=N–C) groups is 1. The molecular formula is C19H23N3O3S. The molecule has 1 N–H and O–H groups in total.